The fourth-order valence-electron chi connectivity index (χ4n) is 3.35. The average Bonchev–Trinajstić information content (AvgIpc) is 2.99. The molecule has 0 N–H and O–H groups in total. The molecule has 0 radical (unpaired) electrons. The number of fused-ring (bicyclic) bond motifs is 1. The lowest BCUT2D eigenvalue weighted by molar-refractivity contribution is 0.0780. The zero-order chi connectivity index (χ0) is 13.2. The molecule has 2 unspecified atom stereocenters. The molecule has 0 spiro atoms. The van der Waals surface area contributed by atoms with Crippen LogP contribution in [0.5, 0.6) is 5.88 Å². The van der Waals surface area contributed by atoms with Gasteiger partial charge in [0, 0.05) is 30.9 Å². The Labute approximate surface area is 113 Å². The van der Waals surface area contributed by atoms with E-state index >= 15 is 0 Å². The third-order valence-electron chi connectivity index (χ3n) is 4.29. The third kappa shape index (κ3) is 2.44. The number of pyridine rings is 1. The van der Waals surface area contributed by atoms with Gasteiger partial charge in [0.25, 0.3) is 5.91 Å². The largest absolute Gasteiger partial charge is 0.478 e. The van der Waals surface area contributed by atoms with Gasteiger partial charge in [-0.1, -0.05) is 6.42 Å². The van der Waals surface area contributed by atoms with E-state index in [9.17, 15) is 4.79 Å². The lowest BCUT2D eigenvalue weighted by atomic mass is 10.0. The normalized spacial score (nSPS) is 25.4. The third-order valence-corrected chi connectivity index (χ3v) is 4.29. The zero-order valence-electron chi connectivity index (χ0n) is 11.3. The molecule has 3 rings (SSSR count). The molecule has 1 saturated carbocycles. The van der Waals surface area contributed by atoms with Gasteiger partial charge in [0.1, 0.15) is 0 Å². The average molecular weight is 260 g/mol. The molecule has 2 aliphatic rings. The van der Waals surface area contributed by atoms with Crippen LogP contribution in [0.15, 0.2) is 18.3 Å². The second-order valence-electron chi connectivity index (χ2n) is 5.48. The van der Waals surface area contributed by atoms with Crippen molar-refractivity contribution < 1.29 is 9.53 Å². The predicted octanol–water partition coefficient (Wildman–Crippen LogP) is 2.35. The number of ether oxygens (including phenoxy) is 1. The van der Waals surface area contributed by atoms with Crippen LogP contribution in [0.25, 0.3) is 0 Å². The Morgan fingerprint density at radius 3 is 2.84 bits per heavy atom. The summed E-state index contributed by atoms with van der Waals surface area (Å²) in [5, 5.41) is 0. The number of carbonyl (C=O) groups is 1. The van der Waals surface area contributed by atoms with Gasteiger partial charge in [-0.2, -0.15) is 0 Å². The number of hydrogen-bond acceptors (Lipinski definition) is 3. The lowest BCUT2D eigenvalue weighted by Gasteiger charge is -2.17. The van der Waals surface area contributed by atoms with Crippen LogP contribution >= 0.6 is 0 Å². The topological polar surface area (TPSA) is 42.4 Å². The molecule has 4 nitrogen and oxygen atoms in total. The fourth-order valence-corrected chi connectivity index (χ4v) is 3.35. The van der Waals surface area contributed by atoms with Crippen LogP contribution in [0, 0.1) is 11.8 Å². The second kappa shape index (κ2) is 5.19. The van der Waals surface area contributed by atoms with E-state index < -0.39 is 0 Å². The van der Waals surface area contributed by atoms with Crippen LogP contribution in [0.3, 0.4) is 0 Å². The van der Waals surface area contributed by atoms with Crippen molar-refractivity contribution in [2.24, 2.45) is 11.8 Å². The summed E-state index contributed by atoms with van der Waals surface area (Å²) in [5.74, 6) is 2.12. The van der Waals surface area contributed by atoms with Crippen molar-refractivity contribution in [3.05, 3.63) is 23.9 Å². The molecule has 1 aromatic rings. The first kappa shape index (κ1) is 12.5. The molecule has 4 heteroatoms. The van der Waals surface area contributed by atoms with E-state index in [4.69, 9.17) is 4.74 Å². The summed E-state index contributed by atoms with van der Waals surface area (Å²) in [7, 11) is 0. The summed E-state index contributed by atoms with van der Waals surface area (Å²) in [6.07, 6.45) is 5.56. The van der Waals surface area contributed by atoms with Gasteiger partial charge in [-0.25, -0.2) is 4.98 Å². The first-order valence-corrected chi connectivity index (χ1v) is 7.16. The van der Waals surface area contributed by atoms with Crippen molar-refractivity contribution in [1.29, 1.82) is 0 Å². The minimum atomic E-state index is 0.123. The van der Waals surface area contributed by atoms with Gasteiger partial charge in [-0.3, -0.25) is 4.79 Å². The maximum atomic E-state index is 12.5. The van der Waals surface area contributed by atoms with Crippen LogP contribution in [0.1, 0.15) is 36.5 Å². The molecule has 1 saturated heterocycles. The van der Waals surface area contributed by atoms with Crippen molar-refractivity contribution in [2.45, 2.75) is 26.2 Å². The van der Waals surface area contributed by atoms with E-state index in [-0.39, 0.29) is 5.91 Å². The highest BCUT2D eigenvalue weighted by Gasteiger charge is 2.38. The van der Waals surface area contributed by atoms with Crippen LogP contribution in [-0.2, 0) is 0 Å². The number of likely N-dealkylation sites (tertiary alicyclic amines) is 1. The second-order valence-corrected chi connectivity index (χ2v) is 5.48. The molecule has 19 heavy (non-hydrogen) atoms. The summed E-state index contributed by atoms with van der Waals surface area (Å²) in [5.41, 5.74) is 0.693. The Morgan fingerprint density at radius 1 is 1.42 bits per heavy atom. The van der Waals surface area contributed by atoms with Crippen LogP contribution in [-0.4, -0.2) is 35.5 Å². The Kier molecular flexibility index (Phi) is 3.40. The predicted molar refractivity (Wildman–Crippen MR) is 72.1 cm³/mol. The van der Waals surface area contributed by atoms with Crippen molar-refractivity contribution >= 4 is 5.91 Å². The van der Waals surface area contributed by atoms with E-state index in [1.54, 1.807) is 18.3 Å². The van der Waals surface area contributed by atoms with Gasteiger partial charge in [-0.05, 0) is 37.7 Å². The van der Waals surface area contributed by atoms with E-state index in [1.165, 1.54) is 19.3 Å². The van der Waals surface area contributed by atoms with Gasteiger partial charge in [0.2, 0.25) is 5.88 Å². The summed E-state index contributed by atoms with van der Waals surface area (Å²) < 4.78 is 5.35. The molecule has 0 aromatic carbocycles. The van der Waals surface area contributed by atoms with Crippen LogP contribution in [0.4, 0.5) is 0 Å². The number of hydrogen-bond donors (Lipinski definition) is 0. The Hall–Kier alpha value is -1.58. The quantitative estimate of drug-likeness (QED) is 0.837. The molecular weight excluding hydrogens is 240 g/mol. The number of rotatable bonds is 3. The SMILES string of the molecule is CCOc1cc(C(=O)N2CC3CCCC3C2)ccn1. The lowest BCUT2D eigenvalue weighted by Crippen LogP contribution is -2.29. The van der Waals surface area contributed by atoms with E-state index in [1.807, 2.05) is 11.8 Å². The molecular formula is C15H20N2O2. The van der Waals surface area contributed by atoms with Crippen molar-refractivity contribution in [2.75, 3.05) is 19.7 Å². The van der Waals surface area contributed by atoms with Crippen LogP contribution in [0.2, 0.25) is 0 Å². The molecule has 2 fully saturated rings. The standard InChI is InChI=1S/C15H20N2O2/c1-2-19-14-8-11(6-7-16-14)15(18)17-9-12-4-3-5-13(12)10-17/h6-8,12-13H,2-5,9-10H2,1H3. The van der Waals surface area contributed by atoms with Gasteiger partial charge < -0.3 is 9.64 Å². The van der Waals surface area contributed by atoms with E-state index in [0.717, 1.165) is 24.9 Å². The Balaban J connectivity index is 1.72. The van der Waals surface area contributed by atoms with Gasteiger partial charge in [0.05, 0.1) is 6.61 Å². The minimum Gasteiger partial charge on any atom is -0.478 e. The van der Waals surface area contributed by atoms with Gasteiger partial charge in [-0.15, -0.1) is 0 Å². The number of amides is 1. The van der Waals surface area contributed by atoms with E-state index in [2.05, 4.69) is 4.98 Å². The number of carbonyl (C=O) groups excluding carboxylic acids is 1. The molecule has 1 amide bonds. The Morgan fingerprint density at radius 2 is 2.16 bits per heavy atom. The van der Waals surface area contributed by atoms with Crippen LogP contribution < -0.4 is 4.74 Å². The highest BCUT2D eigenvalue weighted by atomic mass is 16.5. The van der Waals surface area contributed by atoms with E-state index in [0.29, 0.717) is 18.1 Å². The van der Waals surface area contributed by atoms with Gasteiger partial charge in [0.15, 0.2) is 0 Å². The van der Waals surface area contributed by atoms with Gasteiger partial charge >= 0.3 is 0 Å². The summed E-state index contributed by atoms with van der Waals surface area (Å²) >= 11 is 0. The maximum absolute atomic E-state index is 12.5. The molecule has 1 aliphatic carbocycles. The molecule has 1 aliphatic heterocycles. The van der Waals surface area contributed by atoms with Crippen molar-refractivity contribution in [3.8, 4) is 5.88 Å². The number of aromatic nitrogens is 1. The van der Waals surface area contributed by atoms with Crippen molar-refractivity contribution in [3.63, 3.8) is 0 Å². The summed E-state index contributed by atoms with van der Waals surface area (Å²) in [4.78, 5) is 18.6. The molecule has 0 bridgehead atoms. The van der Waals surface area contributed by atoms with Crippen molar-refractivity contribution in [1.82, 2.24) is 9.88 Å². The first-order chi connectivity index (χ1) is 9.28. The molecule has 1 aromatic heterocycles. The molecule has 2 atom stereocenters. The highest BCUT2D eigenvalue weighted by molar-refractivity contribution is 5.94. The first-order valence-electron chi connectivity index (χ1n) is 7.16. The summed E-state index contributed by atoms with van der Waals surface area (Å²) in [6.45, 7) is 4.34. The molecule has 102 valence electrons. The zero-order valence-corrected chi connectivity index (χ0v) is 11.3. The smallest absolute Gasteiger partial charge is 0.254 e. The monoisotopic (exact) mass is 260 g/mol. The number of nitrogens with zero attached hydrogens (tertiary/aromatic N) is 2. The summed E-state index contributed by atoms with van der Waals surface area (Å²) in [6, 6.07) is 3.53. The molecule has 2 heterocycles. The Bertz CT molecular complexity index is 463. The maximum Gasteiger partial charge on any atom is 0.254 e. The fraction of sp³-hybridized carbons (Fsp3) is 0.600. The minimum absolute atomic E-state index is 0.123. The highest BCUT2D eigenvalue weighted by Crippen LogP contribution is 2.38.